The van der Waals surface area contributed by atoms with Crippen LogP contribution in [0.1, 0.15) is 51.4 Å². The molecule has 5 heteroatoms. The fourth-order valence-corrected chi connectivity index (χ4v) is 2.49. The van der Waals surface area contributed by atoms with E-state index in [1.165, 1.54) is 25.7 Å². The first-order valence-electron chi connectivity index (χ1n) is 5.80. The normalized spacial score (nSPS) is 28.1. The maximum Gasteiger partial charge on any atom is 0.191 e. The quantitative estimate of drug-likeness (QED) is 0.787. The van der Waals surface area contributed by atoms with Crippen molar-refractivity contribution in [3.05, 3.63) is 5.82 Å². The van der Waals surface area contributed by atoms with Gasteiger partial charge in [-0.1, -0.05) is 25.0 Å². The van der Waals surface area contributed by atoms with E-state index in [0.29, 0.717) is 6.04 Å². The lowest BCUT2D eigenvalue weighted by molar-refractivity contribution is 0.354. The van der Waals surface area contributed by atoms with E-state index in [9.17, 15) is 0 Å². The molecule has 1 aromatic heterocycles. The van der Waals surface area contributed by atoms with Gasteiger partial charge in [-0.3, -0.25) is 0 Å². The summed E-state index contributed by atoms with van der Waals surface area (Å²) in [5.41, 5.74) is 0. The average molecular weight is 209 g/mol. The number of aromatic amines is 1. The number of nitrogens with one attached hydrogen (secondary N) is 2. The van der Waals surface area contributed by atoms with Gasteiger partial charge in [-0.05, 0) is 25.7 Å². The van der Waals surface area contributed by atoms with Crippen molar-refractivity contribution >= 4 is 0 Å². The molecular formula is C10H19N5. The lowest BCUT2D eigenvalue weighted by Gasteiger charge is -2.22. The van der Waals surface area contributed by atoms with E-state index in [1.807, 2.05) is 0 Å². The van der Waals surface area contributed by atoms with Crippen LogP contribution in [0.4, 0.5) is 0 Å². The van der Waals surface area contributed by atoms with E-state index in [-0.39, 0.29) is 6.04 Å². The Morgan fingerprint density at radius 2 is 2.40 bits per heavy atom. The number of H-pyrrole nitrogens is 1. The molecule has 15 heavy (non-hydrogen) atoms. The second-order valence-corrected chi connectivity index (χ2v) is 4.36. The number of hydrogen-bond donors (Lipinski definition) is 2. The molecule has 2 N–H and O–H groups in total. The van der Waals surface area contributed by atoms with Crippen molar-refractivity contribution in [3.63, 3.8) is 0 Å². The first-order chi connectivity index (χ1) is 7.31. The largest absolute Gasteiger partial charge is 0.304 e. The van der Waals surface area contributed by atoms with Gasteiger partial charge in [-0.25, -0.2) is 0 Å². The molecule has 1 aromatic rings. The summed E-state index contributed by atoms with van der Waals surface area (Å²) in [5.74, 6) is 1.58. The third-order valence-electron chi connectivity index (χ3n) is 3.40. The molecule has 1 aliphatic rings. The molecule has 1 fully saturated rings. The molecule has 0 radical (unpaired) electrons. The first-order valence-corrected chi connectivity index (χ1v) is 5.80. The van der Waals surface area contributed by atoms with Crippen LogP contribution in [0.2, 0.25) is 0 Å². The van der Waals surface area contributed by atoms with E-state index in [2.05, 4.69) is 39.8 Å². The van der Waals surface area contributed by atoms with E-state index in [1.54, 1.807) is 0 Å². The summed E-state index contributed by atoms with van der Waals surface area (Å²) >= 11 is 0. The van der Waals surface area contributed by atoms with E-state index in [0.717, 1.165) is 11.7 Å². The second kappa shape index (κ2) is 4.70. The molecular weight excluding hydrogens is 190 g/mol. The van der Waals surface area contributed by atoms with Crippen LogP contribution in [0.5, 0.6) is 0 Å². The van der Waals surface area contributed by atoms with Crippen LogP contribution < -0.4 is 5.32 Å². The van der Waals surface area contributed by atoms with Crippen LogP contribution in [0.15, 0.2) is 0 Å². The smallest absolute Gasteiger partial charge is 0.191 e. The zero-order valence-corrected chi connectivity index (χ0v) is 9.40. The fourth-order valence-electron chi connectivity index (χ4n) is 2.49. The number of tetrazole rings is 1. The summed E-state index contributed by atoms with van der Waals surface area (Å²) in [7, 11) is 0. The van der Waals surface area contributed by atoms with Gasteiger partial charge in [0.25, 0.3) is 0 Å². The van der Waals surface area contributed by atoms with Gasteiger partial charge in [0.2, 0.25) is 0 Å². The van der Waals surface area contributed by atoms with Crippen LogP contribution in [0.25, 0.3) is 0 Å². The van der Waals surface area contributed by atoms with Crippen LogP contribution in [-0.4, -0.2) is 26.7 Å². The molecule has 0 saturated heterocycles. The van der Waals surface area contributed by atoms with Crippen LogP contribution in [0.3, 0.4) is 0 Å². The first kappa shape index (κ1) is 10.5. The van der Waals surface area contributed by atoms with Crippen LogP contribution in [-0.2, 0) is 0 Å². The molecule has 1 saturated carbocycles. The van der Waals surface area contributed by atoms with Gasteiger partial charge in [0.15, 0.2) is 5.82 Å². The number of hydrogen-bond acceptors (Lipinski definition) is 4. The van der Waals surface area contributed by atoms with Crippen molar-refractivity contribution in [3.8, 4) is 0 Å². The molecule has 0 aromatic carbocycles. The third kappa shape index (κ3) is 2.34. The zero-order chi connectivity index (χ0) is 10.7. The van der Waals surface area contributed by atoms with Gasteiger partial charge < -0.3 is 5.32 Å². The van der Waals surface area contributed by atoms with Crippen molar-refractivity contribution in [1.82, 2.24) is 25.9 Å². The summed E-state index contributed by atoms with van der Waals surface area (Å²) in [4.78, 5) is 0. The number of nitrogens with zero attached hydrogens (tertiary/aromatic N) is 3. The average Bonchev–Trinajstić information content (AvgIpc) is 2.87. The van der Waals surface area contributed by atoms with Crippen molar-refractivity contribution in [2.75, 3.05) is 0 Å². The topological polar surface area (TPSA) is 66.5 Å². The lowest BCUT2D eigenvalue weighted by Crippen LogP contribution is -2.34. The highest BCUT2D eigenvalue weighted by atomic mass is 15.5. The van der Waals surface area contributed by atoms with Gasteiger partial charge in [0.05, 0.1) is 6.04 Å². The lowest BCUT2D eigenvalue weighted by atomic mass is 10.00. The molecule has 0 spiro atoms. The molecule has 0 bridgehead atoms. The monoisotopic (exact) mass is 209 g/mol. The Hall–Kier alpha value is -0.970. The Bertz CT molecular complexity index is 284. The molecule has 2 rings (SSSR count). The predicted octanol–water partition coefficient (Wildman–Crippen LogP) is 1.43. The fraction of sp³-hybridized carbons (Fsp3) is 0.900. The van der Waals surface area contributed by atoms with Crippen molar-refractivity contribution in [2.45, 2.75) is 51.6 Å². The minimum Gasteiger partial charge on any atom is -0.304 e. The molecule has 3 unspecified atom stereocenters. The zero-order valence-electron chi connectivity index (χ0n) is 9.40. The van der Waals surface area contributed by atoms with E-state index < -0.39 is 0 Å². The van der Waals surface area contributed by atoms with Gasteiger partial charge in [-0.2, -0.15) is 5.21 Å². The highest BCUT2D eigenvalue weighted by molar-refractivity contribution is 4.91. The van der Waals surface area contributed by atoms with Crippen molar-refractivity contribution < 1.29 is 0 Å². The maximum atomic E-state index is 4.00. The number of rotatable bonds is 4. The standard InChI is InChI=1S/C10H19N5/c1-3-8-5-4-6-9(8)11-7(2)10-12-14-15-13-10/h7-9,11H,3-6H2,1-2H3,(H,12,13,14,15). The molecule has 0 amide bonds. The Balaban J connectivity index is 1.91. The number of aromatic nitrogens is 4. The summed E-state index contributed by atoms with van der Waals surface area (Å²) in [5, 5.41) is 17.7. The SMILES string of the molecule is CCC1CCCC1NC(C)c1nn[nH]n1. The van der Waals surface area contributed by atoms with Gasteiger partial charge >= 0.3 is 0 Å². The van der Waals surface area contributed by atoms with Gasteiger partial charge in [0.1, 0.15) is 0 Å². The third-order valence-corrected chi connectivity index (χ3v) is 3.40. The summed E-state index contributed by atoms with van der Waals surface area (Å²) in [6, 6.07) is 0.824. The van der Waals surface area contributed by atoms with E-state index >= 15 is 0 Å². The van der Waals surface area contributed by atoms with Crippen molar-refractivity contribution in [1.29, 1.82) is 0 Å². The Morgan fingerprint density at radius 1 is 1.53 bits per heavy atom. The Kier molecular flexibility index (Phi) is 3.30. The molecule has 0 aliphatic heterocycles. The highest BCUT2D eigenvalue weighted by Crippen LogP contribution is 2.29. The molecule has 3 atom stereocenters. The van der Waals surface area contributed by atoms with Crippen LogP contribution >= 0.6 is 0 Å². The molecule has 1 aliphatic carbocycles. The summed E-state index contributed by atoms with van der Waals surface area (Å²) in [6.07, 6.45) is 5.24. The minimum absolute atomic E-state index is 0.195. The summed E-state index contributed by atoms with van der Waals surface area (Å²) in [6.45, 7) is 4.36. The molecule has 5 nitrogen and oxygen atoms in total. The minimum atomic E-state index is 0.195. The Morgan fingerprint density at radius 3 is 3.07 bits per heavy atom. The molecule has 84 valence electrons. The van der Waals surface area contributed by atoms with Crippen molar-refractivity contribution in [2.24, 2.45) is 5.92 Å². The highest BCUT2D eigenvalue weighted by Gasteiger charge is 2.27. The Labute approximate surface area is 90.0 Å². The van der Waals surface area contributed by atoms with Gasteiger partial charge in [0, 0.05) is 6.04 Å². The van der Waals surface area contributed by atoms with Crippen LogP contribution in [0, 0.1) is 5.92 Å². The van der Waals surface area contributed by atoms with Gasteiger partial charge in [-0.15, -0.1) is 10.2 Å². The van der Waals surface area contributed by atoms with E-state index in [4.69, 9.17) is 0 Å². The summed E-state index contributed by atoms with van der Waals surface area (Å²) < 4.78 is 0. The molecule has 1 heterocycles. The second-order valence-electron chi connectivity index (χ2n) is 4.36. The maximum absolute atomic E-state index is 4.00. The predicted molar refractivity (Wildman–Crippen MR) is 57.1 cm³/mol.